The monoisotopic (exact) mass is 421 g/mol. The number of alkyl halides is 2. The fraction of sp³-hybridized carbons (Fsp3) is 0.261. The van der Waals surface area contributed by atoms with E-state index in [0.717, 1.165) is 11.1 Å². The highest BCUT2D eigenvalue weighted by molar-refractivity contribution is 5.94. The summed E-state index contributed by atoms with van der Waals surface area (Å²) in [5.74, 6) is -0.523. The summed E-state index contributed by atoms with van der Waals surface area (Å²) in [6.45, 7) is 0. The number of aromatic nitrogens is 1. The minimum absolute atomic E-state index is 0.213. The Morgan fingerprint density at radius 2 is 2.13 bits per heavy atom. The van der Waals surface area contributed by atoms with Gasteiger partial charge in [-0.15, -0.1) is 0 Å². The van der Waals surface area contributed by atoms with Gasteiger partial charge in [-0.1, -0.05) is 42.5 Å². The Hall–Kier alpha value is -3.41. The van der Waals surface area contributed by atoms with Crippen LogP contribution in [-0.2, 0) is 10.3 Å². The van der Waals surface area contributed by atoms with Crippen LogP contribution in [-0.4, -0.2) is 29.1 Å². The second-order valence-electron chi connectivity index (χ2n) is 7.62. The first-order valence-corrected chi connectivity index (χ1v) is 9.80. The lowest BCUT2D eigenvalue weighted by Crippen LogP contribution is -2.48. The van der Waals surface area contributed by atoms with Crippen molar-refractivity contribution in [2.24, 2.45) is 11.7 Å². The Morgan fingerprint density at radius 3 is 2.74 bits per heavy atom. The van der Waals surface area contributed by atoms with Crippen molar-refractivity contribution in [1.29, 1.82) is 5.26 Å². The number of nitriles is 1. The number of halogens is 2. The first-order valence-electron chi connectivity index (χ1n) is 9.80. The van der Waals surface area contributed by atoms with Crippen molar-refractivity contribution < 1.29 is 13.6 Å². The number of carbonyl (C=O) groups excluding carboxylic acids is 1. The molecule has 0 saturated carbocycles. The van der Waals surface area contributed by atoms with Crippen molar-refractivity contribution in [1.82, 2.24) is 15.2 Å². The number of nitrogens with zero attached hydrogens (tertiary/aromatic N) is 3. The van der Waals surface area contributed by atoms with Gasteiger partial charge >= 0.3 is 0 Å². The first kappa shape index (κ1) is 20.8. The molecule has 2 aromatic rings. The standard InChI is InChI=1S/C23H21F2N5O/c1-30-21(31)23(29-22(30)27,18-8-9-19(20(24)25)28-13-18)17-7-3-6-16(11-17)15-5-2-4-14(10-15)12-26/h2-9,11,13-14,20,22,29H,10,27H2,1H3. The zero-order valence-electron chi connectivity index (χ0n) is 16.8. The molecular weight excluding hydrogens is 400 g/mol. The van der Waals surface area contributed by atoms with Crippen LogP contribution in [0.4, 0.5) is 8.78 Å². The van der Waals surface area contributed by atoms with Gasteiger partial charge in [0, 0.05) is 18.8 Å². The van der Waals surface area contributed by atoms with Crippen molar-refractivity contribution >= 4 is 11.5 Å². The highest BCUT2D eigenvalue weighted by atomic mass is 19.3. The Bertz CT molecular complexity index is 1110. The zero-order valence-corrected chi connectivity index (χ0v) is 16.8. The van der Waals surface area contributed by atoms with Crippen LogP contribution in [0, 0.1) is 17.2 Å². The second-order valence-corrected chi connectivity index (χ2v) is 7.62. The summed E-state index contributed by atoms with van der Waals surface area (Å²) in [6, 6.07) is 12.4. The zero-order chi connectivity index (χ0) is 22.2. The lowest BCUT2D eigenvalue weighted by molar-refractivity contribution is -0.131. The molecule has 1 aliphatic carbocycles. The molecule has 3 N–H and O–H groups in total. The molecule has 0 radical (unpaired) electrons. The highest BCUT2D eigenvalue weighted by Crippen LogP contribution is 2.38. The smallest absolute Gasteiger partial charge is 0.280 e. The van der Waals surface area contributed by atoms with Gasteiger partial charge in [-0.3, -0.25) is 20.8 Å². The van der Waals surface area contributed by atoms with Gasteiger partial charge in [-0.25, -0.2) is 8.78 Å². The molecule has 1 amide bonds. The lowest BCUT2D eigenvalue weighted by atomic mass is 9.81. The molecular formula is C23H21F2N5O. The van der Waals surface area contributed by atoms with E-state index < -0.39 is 18.3 Å². The number of nitrogens with two attached hydrogens (primary N) is 1. The molecule has 1 aliphatic heterocycles. The number of hydrogen-bond acceptors (Lipinski definition) is 5. The molecule has 6 nitrogen and oxygen atoms in total. The van der Waals surface area contributed by atoms with Crippen LogP contribution in [0.1, 0.15) is 35.2 Å². The third kappa shape index (κ3) is 3.52. The van der Waals surface area contributed by atoms with Crippen LogP contribution in [0.15, 0.2) is 60.8 Å². The van der Waals surface area contributed by atoms with E-state index in [1.807, 2.05) is 36.4 Å². The normalized spacial score (nSPS) is 25.6. The predicted octanol–water partition coefficient (Wildman–Crippen LogP) is 3.05. The summed E-state index contributed by atoms with van der Waals surface area (Å²) in [4.78, 5) is 18.6. The largest absolute Gasteiger partial charge is 0.315 e. The fourth-order valence-corrected chi connectivity index (χ4v) is 4.04. The number of likely N-dealkylation sites (N-methyl/N-ethyl adjacent to an activating group) is 1. The third-order valence-electron chi connectivity index (χ3n) is 5.78. The van der Waals surface area contributed by atoms with Gasteiger partial charge in [0.15, 0.2) is 5.54 Å². The van der Waals surface area contributed by atoms with E-state index in [9.17, 15) is 18.8 Å². The number of carbonyl (C=O) groups is 1. The molecule has 8 heteroatoms. The maximum Gasteiger partial charge on any atom is 0.280 e. The number of hydrogen-bond donors (Lipinski definition) is 2. The molecule has 3 atom stereocenters. The number of nitrogens with one attached hydrogen (secondary N) is 1. The van der Waals surface area contributed by atoms with Crippen LogP contribution in [0.2, 0.25) is 0 Å². The van der Waals surface area contributed by atoms with Gasteiger partial charge in [0.05, 0.1) is 12.0 Å². The van der Waals surface area contributed by atoms with Crippen molar-refractivity contribution in [2.75, 3.05) is 7.05 Å². The van der Waals surface area contributed by atoms with E-state index >= 15 is 0 Å². The molecule has 2 aliphatic rings. The van der Waals surface area contributed by atoms with Gasteiger partial charge < -0.3 is 4.90 Å². The summed E-state index contributed by atoms with van der Waals surface area (Å²) in [5.41, 5.74) is 7.27. The summed E-state index contributed by atoms with van der Waals surface area (Å²) in [7, 11) is 1.58. The minimum Gasteiger partial charge on any atom is -0.315 e. The van der Waals surface area contributed by atoms with Gasteiger partial charge in [0.1, 0.15) is 12.0 Å². The van der Waals surface area contributed by atoms with Crippen LogP contribution in [0.25, 0.3) is 5.57 Å². The third-order valence-corrected chi connectivity index (χ3v) is 5.78. The molecule has 158 valence electrons. The highest BCUT2D eigenvalue weighted by Gasteiger charge is 2.51. The van der Waals surface area contributed by atoms with E-state index in [0.29, 0.717) is 17.5 Å². The summed E-state index contributed by atoms with van der Waals surface area (Å²) >= 11 is 0. The van der Waals surface area contributed by atoms with Gasteiger partial charge in [-0.2, -0.15) is 5.26 Å². The molecule has 2 heterocycles. The van der Waals surface area contributed by atoms with E-state index in [-0.39, 0.29) is 17.5 Å². The van der Waals surface area contributed by atoms with Crippen molar-refractivity contribution in [3.8, 4) is 6.07 Å². The van der Waals surface area contributed by atoms with E-state index in [4.69, 9.17) is 5.73 Å². The molecule has 3 unspecified atom stereocenters. The minimum atomic E-state index is -2.70. The van der Waals surface area contributed by atoms with Crippen molar-refractivity contribution in [3.05, 3.63) is 83.2 Å². The van der Waals surface area contributed by atoms with Crippen LogP contribution in [0.5, 0.6) is 0 Å². The van der Waals surface area contributed by atoms with E-state index in [1.54, 1.807) is 13.1 Å². The quantitative estimate of drug-likeness (QED) is 0.791. The lowest BCUT2D eigenvalue weighted by Gasteiger charge is -2.29. The van der Waals surface area contributed by atoms with Crippen LogP contribution < -0.4 is 11.1 Å². The Balaban J connectivity index is 1.83. The number of benzene rings is 1. The molecule has 0 bridgehead atoms. The van der Waals surface area contributed by atoms with E-state index in [2.05, 4.69) is 16.4 Å². The van der Waals surface area contributed by atoms with Crippen LogP contribution in [0.3, 0.4) is 0 Å². The molecule has 31 heavy (non-hydrogen) atoms. The van der Waals surface area contributed by atoms with Crippen LogP contribution >= 0.6 is 0 Å². The Kier molecular flexibility index (Phi) is 5.39. The predicted molar refractivity (Wildman–Crippen MR) is 111 cm³/mol. The van der Waals surface area contributed by atoms with Gasteiger partial charge in [0.25, 0.3) is 12.3 Å². The number of amides is 1. The molecule has 1 aromatic carbocycles. The topological polar surface area (TPSA) is 95.0 Å². The Labute approximate surface area is 178 Å². The maximum absolute atomic E-state index is 13.4. The second kappa shape index (κ2) is 8.02. The average Bonchev–Trinajstić information content (AvgIpc) is 3.04. The summed E-state index contributed by atoms with van der Waals surface area (Å²) in [6.07, 6.45) is 4.04. The molecule has 4 rings (SSSR count). The number of rotatable bonds is 4. The van der Waals surface area contributed by atoms with Crippen molar-refractivity contribution in [3.63, 3.8) is 0 Å². The van der Waals surface area contributed by atoms with Gasteiger partial charge in [-0.05, 0) is 35.3 Å². The first-order chi connectivity index (χ1) is 14.9. The molecule has 0 spiro atoms. The molecule has 1 saturated heterocycles. The Morgan fingerprint density at radius 1 is 1.32 bits per heavy atom. The molecule has 1 aromatic heterocycles. The average molecular weight is 421 g/mol. The SMILES string of the molecule is CN1C(=O)C(c2ccc(C(F)F)nc2)(c2cccc(C3=CC=CC(C#N)C3)c2)NC1N. The maximum atomic E-state index is 13.4. The summed E-state index contributed by atoms with van der Waals surface area (Å²) < 4.78 is 26.0. The summed E-state index contributed by atoms with van der Waals surface area (Å²) in [5, 5.41) is 12.4. The van der Waals surface area contributed by atoms with E-state index in [1.165, 1.54) is 23.2 Å². The van der Waals surface area contributed by atoms with Gasteiger partial charge in [0.2, 0.25) is 0 Å². The molecule has 1 fully saturated rings. The van der Waals surface area contributed by atoms with Crippen molar-refractivity contribution in [2.45, 2.75) is 24.7 Å². The number of pyridine rings is 1. The fourth-order valence-electron chi connectivity index (χ4n) is 4.04. The number of allylic oxidation sites excluding steroid dienone is 4.